The van der Waals surface area contributed by atoms with Gasteiger partial charge in [-0.05, 0) is 5.56 Å². The third-order valence-corrected chi connectivity index (χ3v) is 2.15. The van der Waals surface area contributed by atoms with Gasteiger partial charge in [0.1, 0.15) is 6.17 Å². The Labute approximate surface area is 80.0 Å². The quantitative estimate of drug-likeness (QED) is 0.566. The van der Waals surface area contributed by atoms with Crippen LogP contribution < -0.4 is 0 Å². The monoisotopic (exact) mass is 264 g/mol. The smallest absolute Gasteiger partial charge is 0.137 e. The average molecular weight is 264 g/mol. The molecule has 11 heavy (non-hydrogen) atoms. The zero-order valence-corrected chi connectivity index (χ0v) is 8.45. The van der Waals surface area contributed by atoms with Crippen molar-refractivity contribution in [1.29, 1.82) is 0 Å². The number of benzene rings is 1. The number of rotatable bonds is 2. The average Bonchev–Trinajstić information content (AvgIpc) is 2.05. The van der Waals surface area contributed by atoms with E-state index in [0.717, 1.165) is 5.56 Å². The summed E-state index contributed by atoms with van der Waals surface area (Å²) in [5.74, 6) is 0. The molecule has 0 saturated heterocycles. The Bertz CT molecular complexity index is 208. The summed E-state index contributed by atoms with van der Waals surface area (Å²) in [5.41, 5.74) is 0.773. The zero-order chi connectivity index (χ0) is 8.27. The predicted octanol–water partition coefficient (Wildman–Crippen LogP) is 3.52. The Morgan fingerprint density at radius 2 is 1.82 bits per heavy atom. The zero-order valence-electron chi connectivity index (χ0n) is 6.30. The van der Waals surface area contributed by atoms with E-state index in [1.807, 2.05) is 37.3 Å². The minimum absolute atomic E-state index is 0.0370. The standard InChI is InChI=1S/C9H10FI/c1-7(11)9(10)8-5-3-2-4-6-8/h2-7,9H,1H3/t7-,9-/m0/s1. The lowest BCUT2D eigenvalue weighted by Gasteiger charge is -2.09. The van der Waals surface area contributed by atoms with Crippen LogP contribution in [0.5, 0.6) is 0 Å². The minimum atomic E-state index is -0.836. The van der Waals surface area contributed by atoms with Gasteiger partial charge >= 0.3 is 0 Å². The molecule has 0 radical (unpaired) electrons. The van der Waals surface area contributed by atoms with Gasteiger partial charge < -0.3 is 0 Å². The molecule has 0 aliphatic carbocycles. The van der Waals surface area contributed by atoms with Crippen molar-refractivity contribution in [2.45, 2.75) is 17.0 Å². The molecule has 2 heteroatoms. The lowest BCUT2D eigenvalue weighted by atomic mass is 10.1. The lowest BCUT2D eigenvalue weighted by Crippen LogP contribution is -2.01. The molecule has 0 saturated carbocycles. The van der Waals surface area contributed by atoms with Gasteiger partial charge in [0, 0.05) is 3.92 Å². The van der Waals surface area contributed by atoms with Crippen LogP contribution in [0.4, 0.5) is 4.39 Å². The van der Waals surface area contributed by atoms with E-state index in [9.17, 15) is 4.39 Å². The molecule has 0 aliphatic heterocycles. The van der Waals surface area contributed by atoms with Crippen LogP contribution in [0.2, 0.25) is 0 Å². The van der Waals surface area contributed by atoms with Crippen molar-refractivity contribution >= 4 is 22.6 Å². The van der Waals surface area contributed by atoms with Crippen molar-refractivity contribution < 1.29 is 4.39 Å². The van der Waals surface area contributed by atoms with Gasteiger partial charge in [-0.1, -0.05) is 59.8 Å². The van der Waals surface area contributed by atoms with Crippen molar-refractivity contribution in [2.24, 2.45) is 0 Å². The summed E-state index contributed by atoms with van der Waals surface area (Å²) in [6, 6.07) is 9.26. The highest BCUT2D eigenvalue weighted by Gasteiger charge is 2.13. The molecular formula is C9H10FI. The van der Waals surface area contributed by atoms with E-state index < -0.39 is 6.17 Å². The second-order valence-electron chi connectivity index (χ2n) is 2.49. The Balaban J connectivity index is 2.77. The summed E-state index contributed by atoms with van der Waals surface area (Å²) in [5, 5.41) is 0. The molecule has 1 aromatic carbocycles. The van der Waals surface area contributed by atoms with E-state index in [1.54, 1.807) is 0 Å². The van der Waals surface area contributed by atoms with Gasteiger partial charge in [0.05, 0.1) is 0 Å². The van der Waals surface area contributed by atoms with Crippen molar-refractivity contribution in [3.63, 3.8) is 0 Å². The maximum Gasteiger partial charge on any atom is 0.137 e. The SMILES string of the molecule is C[C@H](I)[C@H](F)c1ccccc1. The first-order valence-corrected chi connectivity index (χ1v) is 4.79. The first-order valence-electron chi connectivity index (χ1n) is 3.55. The van der Waals surface area contributed by atoms with E-state index >= 15 is 0 Å². The second-order valence-corrected chi connectivity index (χ2v) is 4.45. The van der Waals surface area contributed by atoms with Crippen LogP contribution in [0, 0.1) is 0 Å². The fourth-order valence-electron chi connectivity index (χ4n) is 0.902. The summed E-state index contributed by atoms with van der Waals surface area (Å²) in [6.07, 6.45) is -0.836. The highest BCUT2D eigenvalue weighted by molar-refractivity contribution is 14.1. The molecule has 2 atom stereocenters. The van der Waals surface area contributed by atoms with E-state index in [-0.39, 0.29) is 3.92 Å². The third-order valence-electron chi connectivity index (χ3n) is 1.52. The molecule has 0 heterocycles. The molecule has 0 aliphatic rings. The highest BCUT2D eigenvalue weighted by atomic mass is 127. The fourth-order valence-corrected chi connectivity index (χ4v) is 1.32. The Kier molecular flexibility index (Phi) is 3.30. The normalized spacial score (nSPS) is 15.9. The molecule has 0 unspecified atom stereocenters. The first kappa shape index (κ1) is 8.97. The van der Waals surface area contributed by atoms with E-state index in [0.29, 0.717) is 0 Å². The highest BCUT2D eigenvalue weighted by Crippen LogP contribution is 2.25. The van der Waals surface area contributed by atoms with Crippen molar-refractivity contribution in [3.05, 3.63) is 35.9 Å². The summed E-state index contributed by atoms with van der Waals surface area (Å²) in [7, 11) is 0. The molecule has 0 bridgehead atoms. The molecule has 1 rings (SSSR count). The fraction of sp³-hybridized carbons (Fsp3) is 0.333. The second kappa shape index (κ2) is 4.04. The van der Waals surface area contributed by atoms with E-state index in [1.165, 1.54) is 0 Å². The Morgan fingerprint density at radius 1 is 1.27 bits per heavy atom. The number of halogens is 2. The van der Waals surface area contributed by atoms with Gasteiger partial charge in [-0.2, -0.15) is 0 Å². The number of hydrogen-bond donors (Lipinski definition) is 0. The van der Waals surface area contributed by atoms with Gasteiger partial charge in [0.2, 0.25) is 0 Å². The van der Waals surface area contributed by atoms with Crippen molar-refractivity contribution in [1.82, 2.24) is 0 Å². The number of hydrogen-bond acceptors (Lipinski definition) is 0. The number of alkyl halides is 2. The van der Waals surface area contributed by atoms with Crippen molar-refractivity contribution in [2.75, 3.05) is 0 Å². The molecule has 0 fully saturated rings. The molecule has 0 nitrogen and oxygen atoms in total. The summed E-state index contributed by atoms with van der Waals surface area (Å²) in [4.78, 5) is 0. The molecule has 0 aromatic heterocycles. The van der Waals surface area contributed by atoms with Gasteiger partial charge in [0.15, 0.2) is 0 Å². The molecule has 60 valence electrons. The van der Waals surface area contributed by atoms with Gasteiger partial charge in [-0.3, -0.25) is 0 Å². The predicted molar refractivity (Wildman–Crippen MR) is 53.8 cm³/mol. The van der Waals surface area contributed by atoms with E-state index in [2.05, 4.69) is 22.6 Å². The maximum atomic E-state index is 13.3. The van der Waals surface area contributed by atoms with Crippen LogP contribution in [-0.2, 0) is 0 Å². The minimum Gasteiger partial charge on any atom is -0.241 e. The van der Waals surface area contributed by atoms with Gasteiger partial charge in [-0.25, -0.2) is 4.39 Å². The van der Waals surface area contributed by atoms with Gasteiger partial charge in [-0.15, -0.1) is 0 Å². The summed E-state index contributed by atoms with van der Waals surface area (Å²) in [6.45, 7) is 1.87. The van der Waals surface area contributed by atoms with Crippen molar-refractivity contribution in [3.8, 4) is 0 Å². The lowest BCUT2D eigenvalue weighted by molar-refractivity contribution is 0.349. The first-order chi connectivity index (χ1) is 5.22. The summed E-state index contributed by atoms with van der Waals surface area (Å²) >= 11 is 2.10. The van der Waals surface area contributed by atoms with Crippen LogP contribution in [0.15, 0.2) is 30.3 Å². The van der Waals surface area contributed by atoms with Gasteiger partial charge in [0.25, 0.3) is 0 Å². The maximum absolute atomic E-state index is 13.3. The van der Waals surface area contributed by atoms with Crippen LogP contribution in [0.3, 0.4) is 0 Å². The third kappa shape index (κ3) is 2.43. The van der Waals surface area contributed by atoms with Crippen LogP contribution in [0.1, 0.15) is 18.7 Å². The molecule has 1 aromatic rings. The van der Waals surface area contributed by atoms with Crippen LogP contribution >= 0.6 is 22.6 Å². The largest absolute Gasteiger partial charge is 0.241 e. The Hall–Kier alpha value is -0.120. The molecule has 0 spiro atoms. The van der Waals surface area contributed by atoms with Crippen LogP contribution in [0.25, 0.3) is 0 Å². The Morgan fingerprint density at radius 3 is 2.27 bits per heavy atom. The van der Waals surface area contributed by atoms with Crippen LogP contribution in [-0.4, -0.2) is 3.92 Å². The molecule has 0 N–H and O–H groups in total. The van der Waals surface area contributed by atoms with E-state index in [4.69, 9.17) is 0 Å². The topological polar surface area (TPSA) is 0 Å². The molecule has 0 amide bonds. The summed E-state index contributed by atoms with van der Waals surface area (Å²) < 4.78 is 13.3. The molecular weight excluding hydrogens is 254 g/mol.